The fourth-order valence-corrected chi connectivity index (χ4v) is 1.82. The van der Waals surface area contributed by atoms with Gasteiger partial charge in [-0.3, -0.25) is 0 Å². The van der Waals surface area contributed by atoms with Gasteiger partial charge in [0.25, 0.3) is 0 Å². The lowest BCUT2D eigenvalue weighted by Crippen LogP contribution is -2.16. The van der Waals surface area contributed by atoms with Gasteiger partial charge in [0.2, 0.25) is 0 Å². The summed E-state index contributed by atoms with van der Waals surface area (Å²) >= 11 is 10.6. The van der Waals surface area contributed by atoms with Crippen LogP contribution in [-0.2, 0) is 0 Å². The average molecular weight is 266 g/mol. The van der Waals surface area contributed by atoms with Crippen LogP contribution in [0.15, 0.2) is 23.2 Å². The Hall–Kier alpha value is -0.913. The van der Waals surface area contributed by atoms with Gasteiger partial charge in [-0.15, -0.1) is 5.54 Å². The number of nitrogens with zero attached hydrogens (tertiary/aromatic N) is 1. The zero-order valence-electron chi connectivity index (χ0n) is 9.47. The molecule has 1 aromatic rings. The Balaban J connectivity index is 3.08. The van der Waals surface area contributed by atoms with Gasteiger partial charge in [-0.25, -0.2) is 0 Å². The minimum atomic E-state index is -1.36. The predicted octanol–water partition coefficient (Wildman–Crippen LogP) is 4.30. The molecule has 0 amide bonds. The third kappa shape index (κ3) is 4.30. The van der Waals surface area contributed by atoms with Gasteiger partial charge < -0.3 is 0 Å². The first-order valence-corrected chi connectivity index (χ1v) is 9.11. The van der Waals surface area contributed by atoms with Gasteiger partial charge in [-0.2, -0.15) is 4.99 Å². The van der Waals surface area contributed by atoms with Gasteiger partial charge in [-0.1, -0.05) is 37.2 Å². The summed E-state index contributed by atoms with van der Waals surface area (Å²) in [6, 6.07) is 5.44. The molecule has 1 rings (SSSR count). The van der Waals surface area contributed by atoms with Crippen molar-refractivity contribution >= 4 is 42.7 Å². The topological polar surface area (TPSA) is 12.4 Å². The lowest BCUT2D eigenvalue weighted by Gasteiger charge is -2.04. The predicted molar refractivity (Wildman–Crippen MR) is 76.4 cm³/mol. The van der Waals surface area contributed by atoms with Crippen molar-refractivity contribution in [2.24, 2.45) is 4.99 Å². The molecule has 1 nitrogen and oxygen atoms in total. The fraction of sp³-hybridized carbons (Fsp3) is 0.250. The molecule has 0 unspecified atom stereocenters. The summed E-state index contributed by atoms with van der Waals surface area (Å²) in [5.41, 5.74) is 4.82. The smallest absolute Gasteiger partial charge is 0.129 e. The van der Waals surface area contributed by atoms with Crippen LogP contribution >= 0.6 is 23.8 Å². The van der Waals surface area contributed by atoms with Crippen molar-refractivity contribution in [3.63, 3.8) is 0 Å². The van der Waals surface area contributed by atoms with Crippen LogP contribution in [0, 0.1) is 11.5 Å². The molecule has 0 saturated heterocycles. The highest BCUT2D eigenvalue weighted by Gasteiger charge is 2.08. The van der Waals surface area contributed by atoms with Crippen molar-refractivity contribution in [2.75, 3.05) is 0 Å². The van der Waals surface area contributed by atoms with Crippen molar-refractivity contribution in [2.45, 2.75) is 19.6 Å². The lowest BCUT2D eigenvalue weighted by molar-refractivity contribution is 1.53. The maximum Gasteiger partial charge on any atom is 0.129 e. The Morgan fingerprint density at radius 3 is 2.50 bits per heavy atom. The molecular formula is C12H12ClNSSi. The molecule has 0 heterocycles. The van der Waals surface area contributed by atoms with Gasteiger partial charge in [0.1, 0.15) is 8.07 Å². The van der Waals surface area contributed by atoms with Crippen molar-refractivity contribution < 1.29 is 0 Å². The van der Waals surface area contributed by atoms with E-state index in [0.29, 0.717) is 10.7 Å². The minimum Gasteiger partial charge on any atom is -0.195 e. The van der Waals surface area contributed by atoms with E-state index in [1.807, 2.05) is 12.1 Å². The van der Waals surface area contributed by atoms with E-state index in [1.165, 1.54) is 0 Å². The number of aliphatic imine (C=N–C) groups is 1. The number of benzene rings is 1. The van der Waals surface area contributed by atoms with E-state index in [-0.39, 0.29) is 0 Å². The van der Waals surface area contributed by atoms with Crippen LogP contribution in [0.5, 0.6) is 0 Å². The van der Waals surface area contributed by atoms with Gasteiger partial charge in [0.05, 0.1) is 15.9 Å². The summed E-state index contributed by atoms with van der Waals surface area (Å²) in [7, 11) is -1.36. The standard InChI is InChI=1S/C12H12ClNSSi/c1-16(2,3)7-6-10-4-5-11(14-9-15)8-12(10)13/h4-5,8H,1-3H3. The summed E-state index contributed by atoms with van der Waals surface area (Å²) in [4.78, 5) is 3.86. The van der Waals surface area contributed by atoms with Crippen LogP contribution in [-0.4, -0.2) is 13.2 Å². The molecule has 0 aliphatic rings. The summed E-state index contributed by atoms with van der Waals surface area (Å²) < 4.78 is 0. The first kappa shape index (κ1) is 13.2. The molecule has 0 atom stereocenters. The molecule has 0 aliphatic carbocycles. The second-order valence-electron chi connectivity index (χ2n) is 4.37. The Morgan fingerprint density at radius 1 is 1.31 bits per heavy atom. The van der Waals surface area contributed by atoms with Crippen LogP contribution in [0.25, 0.3) is 0 Å². The molecule has 0 bridgehead atoms. The highest BCUT2D eigenvalue weighted by atomic mass is 35.5. The second kappa shape index (κ2) is 5.43. The third-order valence-electron chi connectivity index (χ3n) is 1.70. The molecule has 4 heteroatoms. The molecule has 0 radical (unpaired) electrons. The van der Waals surface area contributed by atoms with E-state index in [0.717, 1.165) is 5.56 Å². The van der Waals surface area contributed by atoms with E-state index in [4.69, 9.17) is 11.6 Å². The molecule has 0 saturated carbocycles. The summed E-state index contributed by atoms with van der Waals surface area (Å²) in [5.74, 6) is 3.11. The molecule has 82 valence electrons. The van der Waals surface area contributed by atoms with Crippen molar-refractivity contribution in [3.05, 3.63) is 28.8 Å². The third-order valence-corrected chi connectivity index (χ3v) is 2.98. The van der Waals surface area contributed by atoms with Crippen LogP contribution in [0.3, 0.4) is 0 Å². The SMILES string of the molecule is C[Si](C)(C)C#Cc1ccc(N=C=S)cc1Cl. The summed E-state index contributed by atoms with van der Waals surface area (Å²) in [6.07, 6.45) is 0. The molecule has 0 fully saturated rings. The molecule has 0 N–H and O–H groups in total. The maximum atomic E-state index is 6.09. The van der Waals surface area contributed by atoms with E-state index >= 15 is 0 Å². The Bertz CT molecular complexity index is 502. The molecule has 0 spiro atoms. The average Bonchev–Trinajstić information content (AvgIpc) is 2.15. The highest BCUT2D eigenvalue weighted by Crippen LogP contribution is 2.22. The number of hydrogen-bond donors (Lipinski definition) is 0. The Morgan fingerprint density at radius 2 is 2.00 bits per heavy atom. The number of isothiocyanates is 1. The van der Waals surface area contributed by atoms with E-state index in [2.05, 4.69) is 53.5 Å². The maximum absolute atomic E-state index is 6.09. The van der Waals surface area contributed by atoms with E-state index in [9.17, 15) is 0 Å². The normalized spacial score (nSPS) is 10.0. The first-order valence-electron chi connectivity index (χ1n) is 4.83. The molecule has 1 aromatic carbocycles. The van der Waals surface area contributed by atoms with Gasteiger partial charge in [-0.05, 0) is 30.4 Å². The second-order valence-corrected chi connectivity index (χ2v) is 9.71. The van der Waals surface area contributed by atoms with Gasteiger partial charge in [0.15, 0.2) is 0 Å². The van der Waals surface area contributed by atoms with E-state index in [1.54, 1.807) is 6.07 Å². The first-order chi connectivity index (χ1) is 7.42. The largest absolute Gasteiger partial charge is 0.195 e. The minimum absolute atomic E-state index is 0.609. The van der Waals surface area contributed by atoms with Crippen molar-refractivity contribution in [1.82, 2.24) is 0 Å². The zero-order valence-corrected chi connectivity index (χ0v) is 12.0. The quantitative estimate of drug-likeness (QED) is 0.319. The van der Waals surface area contributed by atoms with Crippen LogP contribution in [0.1, 0.15) is 5.56 Å². The van der Waals surface area contributed by atoms with Crippen molar-refractivity contribution in [1.29, 1.82) is 0 Å². The van der Waals surface area contributed by atoms with Crippen molar-refractivity contribution in [3.8, 4) is 11.5 Å². The number of halogens is 1. The Labute approximate surface area is 108 Å². The van der Waals surface area contributed by atoms with Gasteiger partial charge >= 0.3 is 0 Å². The van der Waals surface area contributed by atoms with Crippen LogP contribution in [0.4, 0.5) is 5.69 Å². The van der Waals surface area contributed by atoms with Gasteiger partial charge in [0, 0.05) is 5.56 Å². The monoisotopic (exact) mass is 265 g/mol. The van der Waals surface area contributed by atoms with E-state index < -0.39 is 8.07 Å². The molecular weight excluding hydrogens is 254 g/mol. The Kier molecular flexibility index (Phi) is 4.46. The number of hydrogen-bond acceptors (Lipinski definition) is 2. The number of thiocarbonyl (C=S) groups is 1. The highest BCUT2D eigenvalue weighted by molar-refractivity contribution is 7.78. The molecule has 0 aromatic heterocycles. The molecule has 16 heavy (non-hydrogen) atoms. The van der Waals surface area contributed by atoms with Crippen LogP contribution in [0.2, 0.25) is 24.7 Å². The molecule has 0 aliphatic heterocycles. The number of rotatable bonds is 1. The van der Waals surface area contributed by atoms with Crippen LogP contribution < -0.4 is 0 Å². The summed E-state index contributed by atoms with van der Waals surface area (Å²) in [6.45, 7) is 6.58. The fourth-order valence-electron chi connectivity index (χ4n) is 0.982. The summed E-state index contributed by atoms with van der Waals surface area (Å²) in [5, 5.41) is 2.92. The lowest BCUT2D eigenvalue weighted by atomic mass is 10.2. The zero-order chi connectivity index (χ0) is 12.2.